The summed E-state index contributed by atoms with van der Waals surface area (Å²) in [6, 6.07) is 8.42. The van der Waals surface area contributed by atoms with E-state index in [-0.39, 0.29) is 24.9 Å². The number of hydrogen-bond donors (Lipinski definition) is 1. The molecule has 0 atom stereocenters. The topological polar surface area (TPSA) is 73.2 Å². The maximum absolute atomic E-state index is 11.9. The lowest BCUT2D eigenvalue weighted by atomic mass is 10.0. The van der Waals surface area contributed by atoms with E-state index in [0.717, 1.165) is 23.4 Å². The van der Waals surface area contributed by atoms with Gasteiger partial charge in [0.05, 0.1) is 5.69 Å². The number of aromatic nitrogens is 2. The first kappa shape index (κ1) is 21.7. The van der Waals surface area contributed by atoms with E-state index in [1.807, 2.05) is 20.9 Å². The number of benzene rings is 1. The first-order chi connectivity index (χ1) is 13.3. The summed E-state index contributed by atoms with van der Waals surface area (Å²) in [6.07, 6.45) is 1.55. The second-order valence-corrected chi connectivity index (χ2v) is 7.43. The second kappa shape index (κ2) is 10.1. The molecule has 0 aliphatic carbocycles. The number of esters is 1. The molecule has 0 spiro atoms. The van der Waals surface area contributed by atoms with Gasteiger partial charge in [-0.05, 0) is 49.3 Å². The van der Waals surface area contributed by atoms with Crippen LogP contribution < -0.4 is 5.32 Å². The van der Waals surface area contributed by atoms with Crippen molar-refractivity contribution in [3.05, 3.63) is 52.3 Å². The van der Waals surface area contributed by atoms with Gasteiger partial charge < -0.3 is 10.1 Å². The van der Waals surface area contributed by atoms with Crippen molar-refractivity contribution in [3.8, 4) is 0 Å². The van der Waals surface area contributed by atoms with Crippen LogP contribution in [0.4, 0.5) is 0 Å². The van der Waals surface area contributed by atoms with Gasteiger partial charge in [-0.25, -0.2) is 0 Å². The highest BCUT2D eigenvalue weighted by Crippen LogP contribution is 2.15. The highest BCUT2D eigenvalue weighted by molar-refractivity contribution is 5.80. The Balaban J connectivity index is 1.65. The van der Waals surface area contributed by atoms with Gasteiger partial charge in [-0.2, -0.15) is 5.10 Å². The van der Waals surface area contributed by atoms with Gasteiger partial charge in [0, 0.05) is 25.7 Å². The van der Waals surface area contributed by atoms with E-state index in [1.165, 1.54) is 11.1 Å². The van der Waals surface area contributed by atoms with Crippen LogP contribution in [0, 0.1) is 13.8 Å². The summed E-state index contributed by atoms with van der Waals surface area (Å²) in [5.41, 5.74) is 5.50. The van der Waals surface area contributed by atoms with E-state index in [2.05, 4.69) is 48.5 Å². The van der Waals surface area contributed by atoms with Gasteiger partial charge in [0.2, 0.25) is 0 Å². The Bertz CT molecular complexity index is 807. The van der Waals surface area contributed by atoms with Crippen LogP contribution in [0.5, 0.6) is 0 Å². The van der Waals surface area contributed by atoms with Crippen LogP contribution in [-0.4, -0.2) is 34.8 Å². The maximum atomic E-state index is 11.9. The molecule has 152 valence electrons. The molecular weight excluding hydrogens is 354 g/mol. The summed E-state index contributed by atoms with van der Waals surface area (Å²) < 4.78 is 6.88. The molecule has 0 saturated heterocycles. The minimum absolute atomic E-state index is 0.239. The fourth-order valence-electron chi connectivity index (χ4n) is 3.09. The van der Waals surface area contributed by atoms with Crippen LogP contribution in [0.1, 0.15) is 54.3 Å². The first-order valence-electron chi connectivity index (χ1n) is 9.78. The largest absolute Gasteiger partial charge is 0.456 e. The van der Waals surface area contributed by atoms with Gasteiger partial charge in [-0.15, -0.1) is 0 Å². The smallest absolute Gasteiger partial charge is 0.306 e. The number of carbonyl (C=O) groups is 2. The number of amides is 1. The molecule has 1 amide bonds. The monoisotopic (exact) mass is 385 g/mol. The number of carbonyl (C=O) groups excluding carboxylic acids is 2. The van der Waals surface area contributed by atoms with Crippen molar-refractivity contribution in [2.45, 2.75) is 52.9 Å². The number of ether oxygens (including phenoxy) is 1. The average molecular weight is 386 g/mol. The van der Waals surface area contributed by atoms with Crippen molar-refractivity contribution in [3.63, 3.8) is 0 Å². The third kappa shape index (κ3) is 6.22. The Labute approximate surface area is 167 Å². The van der Waals surface area contributed by atoms with Crippen LogP contribution in [0.15, 0.2) is 24.3 Å². The zero-order chi connectivity index (χ0) is 20.7. The molecule has 28 heavy (non-hydrogen) atoms. The molecule has 6 nitrogen and oxygen atoms in total. The van der Waals surface area contributed by atoms with Crippen molar-refractivity contribution in [2.24, 2.45) is 7.05 Å². The molecule has 0 radical (unpaired) electrons. The van der Waals surface area contributed by atoms with Gasteiger partial charge in [0.15, 0.2) is 6.61 Å². The molecule has 1 aromatic heterocycles. The average Bonchev–Trinajstić information content (AvgIpc) is 2.90. The molecule has 0 bridgehead atoms. The fourth-order valence-corrected chi connectivity index (χ4v) is 3.09. The van der Waals surface area contributed by atoms with Gasteiger partial charge in [0.25, 0.3) is 5.91 Å². The molecule has 0 aliphatic heterocycles. The number of aryl methyl sites for hydroxylation is 2. The molecule has 0 aliphatic rings. The molecule has 1 aromatic carbocycles. The Morgan fingerprint density at radius 2 is 1.82 bits per heavy atom. The lowest BCUT2D eigenvalue weighted by Gasteiger charge is -2.09. The molecule has 1 N–H and O–H groups in total. The van der Waals surface area contributed by atoms with Gasteiger partial charge in [0.1, 0.15) is 0 Å². The number of rotatable bonds is 9. The Morgan fingerprint density at radius 1 is 1.14 bits per heavy atom. The molecule has 2 aromatic rings. The van der Waals surface area contributed by atoms with Gasteiger partial charge in [-0.1, -0.05) is 38.1 Å². The van der Waals surface area contributed by atoms with Crippen molar-refractivity contribution in [1.29, 1.82) is 0 Å². The van der Waals surface area contributed by atoms with Crippen LogP contribution >= 0.6 is 0 Å². The summed E-state index contributed by atoms with van der Waals surface area (Å²) in [5.74, 6) is -0.141. The molecule has 2 rings (SSSR count). The van der Waals surface area contributed by atoms with E-state index in [9.17, 15) is 9.59 Å². The van der Waals surface area contributed by atoms with E-state index < -0.39 is 0 Å². The minimum Gasteiger partial charge on any atom is -0.456 e. The molecule has 0 fully saturated rings. The van der Waals surface area contributed by atoms with E-state index in [1.54, 1.807) is 4.68 Å². The molecule has 6 heteroatoms. The minimum atomic E-state index is -0.373. The first-order valence-corrected chi connectivity index (χ1v) is 9.78. The standard InChI is InChI=1S/C22H31N3O3/c1-15(2)19-8-6-18(7-9-19)12-13-23-21(26)14-28-22(27)11-10-20-16(3)24-25(5)17(20)4/h6-9,15H,10-14H2,1-5H3,(H,23,26). The summed E-state index contributed by atoms with van der Waals surface area (Å²) >= 11 is 0. The number of nitrogens with zero attached hydrogens (tertiary/aromatic N) is 2. The summed E-state index contributed by atoms with van der Waals surface area (Å²) in [6.45, 7) is 8.51. The van der Waals surface area contributed by atoms with Crippen LogP contribution in [-0.2, 0) is 34.2 Å². The van der Waals surface area contributed by atoms with E-state index >= 15 is 0 Å². The van der Waals surface area contributed by atoms with Crippen LogP contribution in [0.2, 0.25) is 0 Å². The summed E-state index contributed by atoms with van der Waals surface area (Å²) in [5, 5.41) is 7.12. The van der Waals surface area contributed by atoms with Gasteiger partial charge in [-0.3, -0.25) is 14.3 Å². The SMILES string of the molecule is Cc1nn(C)c(C)c1CCC(=O)OCC(=O)NCCc1ccc(C(C)C)cc1. The molecule has 0 unspecified atom stereocenters. The van der Waals surface area contributed by atoms with E-state index in [4.69, 9.17) is 4.74 Å². The van der Waals surface area contributed by atoms with Gasteiger partial charge >= 0.3 is 5.97 Å². The summed E-state index contributed by atoms with van der Waals surface area (Å²) in [4.78, 5) is 23.8. The zero-order valence-electron chi connectivity index (χ0n) is 17.5. The van der Waals surface area contributed by atoms with Crippen LogP contribution in [0.25, 0.3) is 0 Å². The second-order valence-electron chi connectivity index (χ2n) is 7.43. The Hall–Kier alpha value is -2.63. The van der Waals surface area contributed by atoms with Crippen molar-refractivity contribution in [2.75, 3.05) is 13.2 Å². The maximum Gasteiger partial charge on any atom is 0.306 e. The third-order valence-electron chi connectivity index (χ3n) is 4.98. The van der Waals surface area contributed by atoms with Crippen molar-refractivity contribution >= 4 is 11.9 Å². The fraction of sp³-hybridized carbons (Fsp3) is 0.500. The Morgan fingerprint density at radius 3 is 2.39 bits per heavy atom. The number of hydrogen-bond acceptors (Lipinski definition) is 4. The highest BCUT2D eigenvalue weighted by Gasteiger charge is 2.13. The molecular formula is C22H31N3O3. The van der Waals surface area contributed by atoms with Crippen molar-refractivity contribution < 1.29 is 14.3 Å². The predicted octanol–water partition coefficient (Wildman–Crippen LogP) is 3.00. The summed E-state index contributed by atoms with van der Waals surface area (Å²) in [7, 11) is 1.88. The molecule has 0 saturated carbocycles. The highest BCUT2D eigenvalue weighted by atomic mass is 16.5. The van der Waals surface area contributed by atoms with Crippen molar-refractivity contribution in [1.82, 2.24) is 15.1 Å². The predicted molar refractivity (Wildman–Crippen MR) is 109 cm³/mol. The van der Waals surface area contributed by atoms with E-state index in [0.29, 0.717) is 18.9 Å². The quantitative estimate of drug-likeness (QED) is 0.674. The zero-order valence-corrected chi connectivity index (χ0v) is 17.5. The number of nitrogens with one attached hydrogen (secondary N) is 1. The lowest BCUT2D eigenvalue weighted by molar-refractivity contribution is -0.148. The molecule has 1 heterocycles. The van der Waals surface area contributed by atoms with Crippen LogP contribution in [0.3, 0.4) is 0 Å². The Kier molecular flexibility index (Phi) is 7.79. The lowest BCUT2D eigenvalue weighted by Crippen LogP contribution is -2.30. The third-order valence-corrected chi connectivity index (χ3v) is 4.98. The normalized spacial score (nSPS) is 10.9.